The van der Waals surface area contributed by atoms with Crippen LogP contribution in [0.3, 0.4) is 0 Å². The van der Waals surface area contributed by atoms with E-state index in [9.17, 15) is 19.2 Å². The number of likely N-dealkylation sites (tertiary alicyclic amines) is 1. The van der Waals surface area contributed by atoms with Crippen LogP contribution in [0, 0.1) is 0 Å². The molecule has 1 saturated heterocycles. The number of benzene rings is 2. The molecule has 3 N–H and O–H groups in total. The number of hydrogen-bond acceptors (Lipinski definition) is 7. The first-order chi connectivity index (χ1) is 19.3. The molecule has 0 unspecified atom stereocenters. The van der Waals surface area contributed by atoms with E-state index in [0.29, 0.717) is 35.1 Å². The summed E-state index contributed by atoms with van der Waals surface area (Å²) >= 11 is 6.14. The highest BCUT2D eigenvalue weighted by molar-refractivity contribution is 6.30. The van der Waals surface area contributed by atoms with Crippen LogP contribution in [0.5, 0.6) is 0 Å². The fourth-order valence-electron chi connectivity index (χ4n) is 4.29. The number of piperidine rings is 1. The molecule has 0 aliphatic carbocycles. The Kier molecular flexibility index (Phi) is 9.57. The number of tetrazole rings is 1. The van der Waals surface area contributed by atoms with Crippen LogP contribution in [-0.2, 0) is 14.4 Å². The van der Waals surface area contributed by atoms with E-state index < -0.39 is 23.8 Å². The van der Waals surface area contributed by atoms with Crippen LogP contribution in [0.25, 0.3) is 11.8 Å². The van der Waals surface area contributed by atoms with Crippen molar-refractivity contribution in [3.8, 4) is 5.69 Å². The summed E-state index contributed by atoms with van der Waals surface area (Å²) in [6.07, 6.45) is 7.33. The molecular weight excluding hydrogens is 538 g/mol. The molecule has 0 saturated carbocycles. The van der Waals surface area contributed by atoms with Gasteiger partial charge in [0.15, 0.2) is 0 Å². The summed E-state index contributed by atoms with van der Waals surface area (Å²) in [6, 6.07) is 9.63. The van der Waals surface area contributed by atoms with Crippen LogP contribution in [-0.4, -0.2) is 73.0 Å². The van der Waals surface area contributed by atoms with E-state index in [1.54, 1.807) is 23.1 Å². The lowest BCUT2D eigenvalue weighted by atomic mass is 10.1. The molecule has 1 atom stereocenters. The van der Waals surface area contributed by atoms with Gasteiger partial charge in [0.1, 0.15) is 12.4 Å². The highest BCUT2D eigenvalue weighted by atomic mass is 35.5. The molecule has 40 heavy (non-hydrogen) atoms. The van der Waals surface area contributed by atoms with E-state index in [2.05, 4.69) is 26.2 Å². The van der Waals surface area contributed by atoms with Crippen LogP contribution < -0.4 is 10.6 Å². The molecule has 208 valence electrons. The highest BCUT2D eigenvalue weighted by Gasteiger charge is 2.24. The molecule has 13 heteroatoms. The Hall–Kier alpha value is -4.58. The molecule has 1 aromatic heterocycles. The number of aromatic carboxylic acids is 1. The fourth-order valence-corrected chi connectivity index (χ4v) is 4.47. The van der Waals surface area contributed by atoms with Gasteiger partial charge in [-0.1, -0.05) is 11.6 Å². The minimum absolute atomic E-state index is 0.0712. The number of hydrogen-bond donors (Lipinski definition) is 3. The maximum absolute atomic E-state index is 13.2. The molecule has 3 amide bonds. The highest BCUT2D eigenvalue weighted by Crippen LogP contribution is 2.20. The number of rotatable bonds is 10. The van der Waals surface area contributed by atoms with Gasteiger partial charge in [0.25, 0.3) is 0 Å². The molecular formula is C27H28ClN7O5. The van der Waals surface area contributed by atoms with Gasteiger partial charge in [-0.3, -0.25) is 14.4 Å². The Morgan fingerprint density at radius 3 is 2.48 bits per heavy atom. The maximum atomic E-state index is 13.2. The Labute approximate surface area is 235 Å². The summed E-state index contributed by atoms with van der Waals surface area (Å²) in [5.41, 5.74) is 1.58. The van der Waals surface area contributed by atoms with Crippen LogP contribution in [0.15, 0.2) is 54.9 Å². The third-order valence-electron chi connectivity index (χ3n) is 6.39. The van der Waals surface area contributed by atoms with Crippen molar-refractivity contribution in [3.05, 3.63) is 71.0 Å². The van der Waals surface area contributed by atoms with E-state index in [1.165, 1.54) is 47.4 Å². The number of carboxylic acid groups (broad SMARTS) is 1. The Balaban J connectivity index is 1.47. The quantitative estimate of drug-likeness (QED) is 0.316. The van der Waals surface area contributed by atoms with Gasteiger partial charge in [0, 0.05) is 41.9 Å². The molecule has 2 heterocycles. The normalized spacial score (nSPS) is 14.1. The van der Waals surface area contributed by atoms with Gasteiger partial charge in [-0.25, -0.2) is 4.79 Å². The van der Waals surface area contributed by atoms with Gasteiger partial charge in [-0.05, 0) is 84.7 Å². The first-order valence-electron chi connectivity index (χ1n) is 12.7. The largest absolute Gasteiger partial charge is 0.478 e. The number of halogens is 1. The number of nitrogens with zero attached hydrogens (tertiary/aromatic N) is 5. The smallest absolute Gasteiger partial charge is 0.335 e. The molecule has 1 aliphatic heterocycles. The molecule has 0 bridgehead atoms. The van der Waals surface area contributed by atoms with Crippen molar-refractivity contribution in [1.82, 2.24) is 30.4 Å². The van der Waals surface area contributed by atoms with Crippen LogP contribution in [0.2, 0.25) is 5.02 Å². The fraction of sp³-hybridized carbons (Fsp3) is 0.296. The second-order valence-electron chi connectivity index (χ2n) is 9.20. The van der Waals surface area contributed by atoms with E-state index in [-0.39, 0.29) is 24.3 Å². The number of carbonyl (C=O) groups is 4. The zero-order chi connectivity index (χ0) is 28.5. The number of aromatic nitrogens is 4. The first kappa shape index (κ1) is 28.4. The third kappa shape index (κ3) is 7.73. The predicted octanol–water partition coefficient (Wildman–Crippen LogP) is 2.94. The number of carbonyl (C=O) groups excluding carboxylic acids is 3. The van der Waals surface area contributed by atoms with Crippen molar-refractivity contribution in [2.75, 3.05) is 18.4 Å². The molecule has 0 spiro atoms. The Morgan fingerprint density at radius 2 is 1.80 bits per heavy atom. The van der Waals surface area contributed by atoms with E-state index in [4.69, 9.17) is 16.7 Å². The second-order valence-corrected chi connectivity index (χ2v) is 9.64. The molecule has 12 nitrogen and oxygen atoms in total. The SMILES string of the molecule is O=C(/C=C/c1cc(Cl)ccc1-n1cnnn1)N[C@@H](CCC(=O)N1CCCCC1)C(=O)Nc1ccc(C(=O)O)cc1. The summed E-state index contributed by atoms with van der Waals surface area (Å²) in [4.78, 5) is 51.7. The van der Waals surface area contributed by atoms with Crippen LogP contribution >= 0.6 is 11.6 Å². The number of nitrogens with one attached hydrogen (secondary N) is 2. The van der Waals surface area contributed by atoms with Crippen molar-refractivity contribution in [1.29, 1.82) is 0 Å². The lowest BCUT2D eigenvalue weighted by Gasteiger charge is -2.27. The van der Waals surface area contributed by atoms with E-state index in [1.807, 2.05) is 0 Å². The molecule has 1 aliphatic rings. The van der Waals surface area contributed by atoms with Crippen molar-refractivity contribution >= 4 is 47.1 Å². The summed E-state index contributed by atoms with van der Waals surface area (Å²) in [5, 5.41) is 26.0. The standard InChI is InChI=1S/C27H28ClN7O5/c28-20-7-11-23(35-17-29-32-33-35)19(16-20)6-12-24(36)31-22(10-13-25(37)34-14-2-1-3-15-34)26(38)30-21-8-4-18(5-9-21)27(39)40/h4-9,11-12,16-17,22H,1-3,10,13-15H2,(H,30,38)(H,31,36)(H,39,40)/b12-6+/t22-/m0/s1. The van der Waals surface area contributed by atoms with Crippen molar-refractivity contribution < 1.29 is 24.3 Å². The third-order valence-corrected chi connectivity index (χ3v) is 6.62. The van der Waals surface area contributed by atoms with Crippen LogP contribution in [0.1, 0.15) is 48.0 Å². The Morgan fingerprint density at radius 1 is 1.05 bits per heavy atom. The first-order valence-corrected chi connectivity index (χ1v) is 13.1. The van der Waals surface area contributed by atoms with Gasteiger partial charge >= 0.3 is 5.97 Å². The molecule has 0 radical (unpaired) electrons. The summed E-state index contributed by atoms with van der Waals surface area (Å²) in [5.74, 6) is -2.25. The molecule has 4 rings (SSSR count). The van der Waals surface area contributed by atoms with Gasteiger partial charge in [-0.2, -0.15) is 4.68 Å². The van der Waals surface area contributed by atoms with Gasteiger partial charge in [0.05, 0.1) is 11.3 Å². The summed E-state index contributed by atoms with van der Waals surface area (Å²) in [7, 11) is 0. The van der Waals surface area contributed by atoms with E-state index in [0.717, 1.165) is 19.3 Å². The molecule has 1 fully saturated rings. The van der Waals surface area contributed by atoms with Crippen molar-refractivity contribution in [2.45, 2.75) is 38.1 Å². The molecule has 2 aromatic carbocycles. The minimum Gasteiger partial charge on any atom is -0.478 e. The second kappa shape index (κ2) is 13.5. The topological polar surface area (TPSA) is 159 Å². The lowest BCUT2D eigenvalue weighted by Crippen LogP contribution is -2.44. The Bertz CT molecular complexity index is 1390. The van der Waals surface area contributed by atoms with Crippen molar-refractivity contribution in [2.24, 2.45) is 0 Å². The zero-order valence-electron chi connectivity index (χ0n) is 21.5. The summed E-state index contributed by atoms with van der Waals surface area (Å²) < 4.78 is 1.42. The average molecular weight is 566 g/mol. The van der Waals surface area contributed by atoms with Crippen LogP contribution in [0.4, 0.5) is 5.69 Å². The minimum atomic E-state index is -1.09. The lowest BCUT2D eigenvalue weighted by molar-refractivity contribution is -0.132. The average Bonchev–Trinajstić information content (AvgIpc) is 3.49. The van der Waals surface area contributed by atoms with Gasteiger partial charge in [0.2, 0.25) is 17.7 Å². The number of anilines is 1. The monoisotopic (exact) mass is 565 g/mol. The van der Waals surface area contributed by atoms with Gasteiger partial charge < -0.3 is 20.6 Å². The zero-order valence-corrected chi connectivity index (χ0v) is 22.3. The number of amides is 3. The predicted molar refractivity (Wildman–Crippen MR) is 147 cm³/mol. The van der Waals surface area contributed by atoms with Gasteiger partial charge in [-0.15, -0.1) is 5.10 Å². The van der Waals surface area contributed by atoms with E-state index >= 15 is 0 Å². The number of carboxylic acids is 1. The maximum Gasteiger partial charge on any atom is 0.335 e. The van der Waals surface area contributed by atoms with Crippen molar-refractivity contribution in [3.63, 3.8) is 0 Å². The molecule has 3 aromatic rings. The summed E-state index contributed by atoms with van der Waals surface area (Å²) in [6.45, 7) is 1.37.